The highest BCUT2D eigenvalue weighted by Gasteiger charge is 2.31. The zero-order chi connectivity index (χ0) is 17.9. The van der Waals surface area contributed by atoms with Gasteiger partial charge in [0, 0.05) is 4.91 Å². The quantitative estimate of drug-likeness (QED) is 0.385. The van der Waals surface area contributed by atoms with Crippen molar-refractivity contribution in [2.45, 2.75) is 12.2 Å². The second-order valence-electron chi connectivity index (χ2n) is 5.34. The van der Waals surface area contributed by atoms with E-state index >= 15 is 0 Å². The summed E-state index contributed by atoms with van der Waals surface area (Å²) in [4.78, 5) is 10.1. The summed E-state index contributed by atoms with van der Waals surface area (Å²) in [6.45, 7) is -0.0607. The largest absolute Gasteiger partial charge is 0.416 e. The van der Waals surface area contributed by atoms with E-state index in [4.69, 9.17) is 5.53 Å². The van der Waals surface area contributed by atoms with Gasteiger partial charge in [0.15, 0.2) is 0 Å². The Morgan fingerprint density at radius 3 is 2.72 bits per heavy atom. The molecule has 9 heteroatoms. The Hall–Kier alpha value is -3.19. The number of rotatable bonds is 5. The predicted molar refractivity (Wildman–Crippen MR) is 87.9 cm³/mol. The van der Waals surface area contributed by atoms with Crippen LogP contribution in [0.5, 0.6) is 0 Å². The van der Waals surface area contributed by atoms with Crippen molar-refractivity contribution >= 4 is 17.0 Å². The fourth-order valence-electron chi connectivity index (χ4n) is 2.47. The maximum Gasteiger partial charge on any atom is 0.416 e. The number of anilines is 1. The SMILES string of the molecule is [N-]=[N+]=NCC(Nc1nc2ccccc2[nH]1)c1cccc(C(F)(F)F)c1. The van der Waals surface area contributed by atoms with Crippen molar-refractivity contribution in [2.24, 2.45) is 5.11 Å². The minimum atomic E-state index is -4.45. The monoisotopic (exact) mass is 346 g/mol. The molecule has 2 N–H and O–H groups in total. The van der Waals surface area contributed by atoms with E-state index in [1.54, 1.807) is 6.07 Å². The molecule has 3 rings (SSSR count). The second kappa shape index (κ2) is 6.74. The smallest absolute Gasteiger partial charge is 0.349 e. The lowest BCUT2D eigenvalue weighted by atomic mass is 10.0. The number of azide groups is 1. The summed E-state index contributed by atoms with van der Waals surface area (Å²) in [5, 5.41) is 6.48. The Balaban J connectivity index is 1.93. The summed E-state index contributed by atoms with van der Waals surface area (Å²) < 4.78 is 38.8. The van der Waals surface area contributed by atoms with Crippen LogP contribution in [0.15, 0.2) is 53.6 Å². The van der Waals surface area contributed by atoms with E-state index in [0.29, 0.717) is 11.5 Å². The maximum atomic E-state index is 12.9. The van der Waals surface area contributed by atoms with Gasteiger partial charge in [0.05, 0.1) is 29.2 Å². The van der Waals surface area contributed by atoms with Gasteiger partial charge in [-0.2, -0.15) is 13.2 Å². The number of aromatic amines is 1. The van der Waals surface area contributed by atoms with Crippen molar-refractivity contribution < 1.29 is 13.2 Å². The van der Waals surface area contributed by atoms with Gasteiger partial charge in [-0.15, -0.1) is 0 Å². The lowest BCUT2D eigenvalue weighted by Gasteiger charge is -2.18. The summed E-state index contributed by atoms with van der Waals surface area (Å²) in [5.74, 6) is 0.386. The molecule has 0 fully saturated rings. The van der Waals surface area contributed by atoms with Crippen LogP contribution in [-0.4, -0.2) is 16.5 Å². The van der Waals surface area contributed by atoms with Crippen LogP contribution in [-0.2, 0) is 6.18 Å². The molecular weight excluding hydrogens is 333 g/mol. The number of halogens is 3. The van der Waals surface area contributed by atoms with Gasteiger partial charge >= 0.3 is 6.18 Å². The van der Waals surface area contributed by atoms with Gasteiger partial charge in [0.2, 0.25) is 5.95 Å². The zero-order valence-electron chi connectivity index (χ0n) is 12.8. The van der Waals surface area contributed by atoms with Crippen molar-refractivity contribution in [3.05, 3.63) is 70.1 Å². The number of aromatic nitrogens is 2. The molecule has 0 amide bonds. The summed E-state index contributed by atoms with van der Waals surface area (Å²) in [6.07, 6.45) is -4.45. The van der Waals surface area contributed by atoms with Crippen LogP contribution >= 0.6 is 0 Å². The molecule has 0 aliphatic heterocycles. The van der Waals surface area contributed by atoms with Gasteiger partial charge in [-0.1, -0.05) is 29.4 Å². The van der Waals surface area contributed by atoms with E-state index in [-0.39, 0.29) is 6.54 Å². The normalized spacial score (nSPS) is 12.6. The van der Waals surface area contributed by atoms with Crippen LogP contribution < -0.4 is 5.32 Å². The first kappa shape index (κ1) is 16.7. The number of nitrogens with one attached hydrogen (secondary N) is 2. The number of hydrogen-bond acceptors (Lipinski definition) is 3. The summed E-state index contributed by atoms with van der Waals surface area (Å²) in [5.41, 5.74) is 9.65. The molecule has 2 aromatic carbocycles. The highest BCUT2D eigenvalue weighted by atomic mass is 19.4. The number of alkyl halides is 3. The minimum Gasteiger partial charge on any atom is -0.349 e. The Morgan fingerprint density at radius 1 is 1.20 bits per heavy atom. The van der Waals surface area contributed by atoms with E-state index in [2.05, 4.69) is 25.3 Å². The standard InChI is InChI=1S/C16H13F3N6/c17-16(18,19)11-5-3-4-10(8-11)14(9-21-25-20)24-15-22-12-6-1-2-7-13(12)23-15/h1-8,14H,9H2,(H2,22,23,24). The van der Waals surface area contributed by atoms with Crippen molar-refractivity contribution in [2.75, 3.05) is 11.9 Å². The van der Waals surface area contributed by atoms with Gasteiger partial charge in [-0.25, -0.2) is 4.98 Å². The number of hydrogen-bond donors (Lipinski definition) is 2. The molecule has 0 spiro atoms. The van der Waals surface area contributed by atoms with E-state index in [9.17, 15) is 13.2 Å². The van der Waals surface area contributed by atoms with Crippen molar-refractivity contribution in [1.82, 2.24) is 9.97 Å². The fraction of sp³-hybridized carbons (Fsp3) is 0.188. The molecule has 128 valence electrons. The topological polar surface area (TPSA) is 89.5 Å². The number of imidazole rings is 1. The molecule has 0 radical (unpaired) electrons. The Morgan fingerprint density at radius 2 is 2.00 bits per heavy atom. The Bertz CT molecular complexity index is 894. The molecule has 1 heterocycles. The first-order valence-corrected chi connectivity index (χ1v) is 7.36. The molecule has 1 atom stereocenters. The molecule has 0 aliphatic carbocycles. The third-order valence-corrected chi connectivity index (χ3v) is 3.64. The second-order valence-corrected chi connectivity index (χ2v) is 5.34. The highest BCUT2D eigenvalue weighted by Crippen LogP contribution is 2.31. The van der Waals surface area contributed by atoms with Gasteiger partial charge in [0.25, 0.3) is 0 Å². The predicted octanol–water partition coefficient (Wildman–Crippen LogP) is 5.05. The average Bonchev–Trinajstić information content (AvgIpc) is 3.00. The molecule has 6 nitrogen and oxygen atoms in total. The first-order chi connectivity index (χ1) is 12.0. The summed E-state index contributed by atoms with van der Waals surface area (Å²) in [6, 6.07) is 11.6. The Labute approximate surface area is 140 Å². The molecule has 1 aromatic heterocycles. The van der Waals surface area contributed by atoms with Gasteiger partial charge in [0.1, 0.15) is 0 Å². The molecule has 0 aliphatic rings. The number of H-pyrrole nitrogens is 1. The molecule has 0 bridgehead atoms. The lowest BCUT2D eigenvalue weighted by molar-refractivity contribution is -0.137. The van der Waals surface area contributed by atoms with Gasteiger partial charge < -0.3 is 10.3 Å². The van der Waals surface area contributed by atoms with E-state index in [1.807, 2.05) is 24.3 Å². The van der Waals surface area contributed by atoms with Crippen LogP contribution in [0, 0.1) is 0 Å². The van der Waals surface area contributed by atoms with Gasteiger partial charge in [-0.05, 0) is 35.4 Å². The molecule has 3 aromatic rings. The molecule has 0 saturated carbocycles. The van der Waals surface area contributed by atoms with Crippen LogP contribution in [0.3, 0.4) is 0 Å². The average molecular weight is 346 g/mol. The van der Waals surface area contributed by atoms with Crippen LogP contribution in [0.4, 0.5) is 19.1 Å². The molecule has 1 unspecified atom stereocenters. The van der Waals surface area contributed by atoms with E-state index in [1.165, 1.54) is 6.07 Å². The minimum absolute atomic E-state index is 0.0607. The molecule has 25 heavy (non-hydrogen) atoms. The van der Waals surface area contributed by atoms with Crippen molar-refractivity contribution in [3.8, 4) is 0 Å². The van der Waals surface area contributed by atoms with Crippen LogP contribution in [0.2, 0.25) is 0 Å². The van der Waals surface area contributed by atoms with Crippen LogP contribution in [0.25, 0.3) is 21.5 Å². The van der Waals surface area contributed by atoms with Crippen LogP contribution in [0.1, 0.15) is 17.2 Å². The van der Waals surface area contributed by atoms with Crippen molar-refractivity contribution in [1.29, 1.82) is 0 Å². The number of fused-ring (bicyclic) bond motifs is 1. The fourth-order valence-corrected chi connectivity index (χ4v) is 2.47. The Kier molecular flexibility index (Phi) is 4.49. The number of nitrogens with zero attached hydrogens (tertiary/aromatic N) is 4. The summed E-state index contributed by atoms with van der Waals surface area (Å²) >= 11 is 0. The zero-order valence-corrected chi connectivity index (χ0v) is 12.8. The summed E-state index contributed by atoms with van der Waals surface area (Å²) in [7, 11) is 0. The number of para-hydroxylation sites is 2. The third-order valence-electron chi connectivity index (χ3n) is 3.64. The molecular formula is C16H13F3N6. The third kappa shape index (κ3) is 3.84. The van der Waals surface area contributed by atoms with Crippen molar-refractivity contribution in [3.63, 3.8) is 0 Å². The first-order valence-electron chi connectivity index (χ1n) is 7.36. The number of benzene rings is 2. The highest BCUT2D eigenvalue weighted by molar-refractivity contribution is 5.77. The maximum absolute atomic E-state index is 12.9. The van der Waals surface area contributed by atoms with E-state index < -0.39 is 17.8 Å². The van der Waals surface area contributed by atoms with Gasteiger partial charge in [-0.3, -0.25) is 0 Å². The van der Waals surface area contributed by atoms with E-state index in [0.717, 1.165) is 23.2 Å². The lowest BCUT2D eigenvalue weighted by Crippen LogP contribution is -2.16. The molecule has 0 saturated heterocycles.